The number of aryl methyl sites for hydroxylation is 1. The normalized spacial score (nSPS) is 17.8. The SMILES string of the molecule is Cc1cc(C(=O)N2CCC(C(=O)N3CCCC3)CC2)c(C)n1-c1ccc(Cl)cc1. The quantitative estimate of drug-likeness (QED) is 0.756. The fourth-order valence-corrected chi connectivity index (χ4v) is 4.79. The molecule has 6 heteroatoms. The first kappa shape index (κ1) is 20.0. The lowest BCUT2D eigenvalue weighted by molar-refractivity contribution is -0.135. The maximum atomic E-state index is 13.2. The van der Waals surface area contributed by atoms with Crippen molar-refractivity contribution in [2.45, 2.75) is 39.5 Å². The van der Waals surface area contributed by atoms with E-state index in [1.54, 1.807) is 0 Å². The Labute approximate surface area is 177 Å². The summed E-state index contributed by atoms with van der Waals surface area (Å²) in [7, 11) is 0. The highest BCUT2D eigenvalue weighted by molar-refractivity contribution is 6.30. The summed E-state index contributed by atoms with van der Waals surface area (Å²) >= 11 is 6.01. The van der Waals surface area contributed by atoms with E-state index in [9.17, 15) is 9.59 Å². The number of likely N-dealkylation sites (tertiary alicyclic amines) is 2. The summed E-state index contributed by atoms with van der Waals surface area (Å²) in [5.74, 6) is 0.416. The van der Waals surface area contributed by atoms with E-state index in [0.717, 1.165) is 61.4 Å². The molecule has 1 aromatic heterocycles. The summed E-state index contributed by atoms with van der Waals surface area (Å²) in [5.41, 5.74) is 3.69. The first-order valence-corrected chi connectivity index (χ1v) is 10.9. The van der Waals surface area contributed by atoms with Crippen molar-refractivity contribution in [3.05, 3.63) is 52.3 Å². The second-order valence-corrected chi connectivity index (χ2v) is 8.63. The number of amides is 2. The zero-order valence-electron chi connectivity index (χ0n) is 17.2. The number of rotatable bonds is 3. The van der Waals surface area contributed by atoms with Crippen LogP contribution in [0.4, 0.5) is 0 Å². The molecule has 2 amide bonds. The Bertz CT molecular complexity index is 905. The van der Waals surface area contributed by atoms with Crippen molar-refractivity contribution in [3.63, 3.8) is 0 Å². The van der Waals surface area contributed by atoms with E-state index in [4.69, 9.17) is 11.6 Å². The highest BCUT2D eigenvalue weighted by atomic mass is 35.5. The minimum absolute atomic E-state index is 0.0605. The van der Waals surface area contributed by atoms with E-state index < -0.39 is 0 Å². The molecule has 154 valence electrons. The lowest BCUT2D eigenvalue weighted by atomic mass is 9.95. The molecule has 1 aromatic carbocycles. The largest absolute Gasteiger partial charge is 0.342 e. The standard InChI is InChI=1S/C23H28ClN3O2/c1-16-15-21(17(2)27(16)20-7-5-19(24)6-8-20)23(29)26-13-9-18(10-14-26)22(28)25-11-3-4-12-25/h5-8,15,18H,3-4,9-14H2,1-2H3. The summed E-state index contributed by atoms with van der Waals surface area (Å²) in [5, 5.41) is 0.693. The fraction of sp³-hybridized carbons (Fsp3) is 0.478. The molecule has 2 aromatic rings. The van der Waals surface area contributed by atoms with Gasteiger partial charge in [-0.2, -0.15) is 0 Å². The molecule has 2 fully saturated rings. The molecule has 0 unspecified atom stereocenters. The molecule has 0 N–H and O–H groups in total. The van der Waals surface area contributed by atoms with Gasteiger partial charge in [0, 0.05) is 54.2 Å². The van der Waals surface area contributed by atoms with Crippen molar-refractivity contribution in [2.24, 2.45) is 5.92 Å². The Morgan fingerprint density at radius 1 is 0.931 bits per heavy atom. The lowest BCUT2D eigenvalue weighted by Gasteiger charge is -2.33. The molecule has 5 nitrogen and oxygen atoms in total. The molecule has 2 aliphatic rings. The molecule has 0 aliphatic carbocycles. The number of halogens is 1. The Morgan fingerprint density at radius 3 is 2.17 bits per heavy atom. The van der Waals surface area contributed by atoms with Gasteiger partial charge in [-0.25, -0.2) is 0 Å². The van der Waals surface area contributed by atoms with Gasteiger partial charge < -0.3 is 14.4 Å². The van der Waals surface area contributed by atoms with Crippen LogP contribution >= 0.6 is 11.6 Å². The average molecular weight is 414 g/mol. The topological polar surface area (TPSA) is 45.6 Å². The van der Waals surface area contributed by atoms with E-state index >= 15 is 0 Å². The highest BCUT2D eigenvalue weighted by Gasteiger charge is 2.32. The number of hydrogen-bond donors (Lipinski definition) is 0. The Hall–Kier alpha value is -2.27. The van der Waals surface area contributed by atoms with Crippen molar-refractivity contribution in [3.8, 4) is 5.69 Å². The zero-order valence-corrected chi connectivity index (χ0v) is 17.9. The first-order chi connectivity index (χ1) is 14.0. The maximum absolute atomic E-state index is 13.2. The second-order valence-electron chi connectivity index (χ2n) is 8.20. The number of piperidine rings is 1. The molecule has 3 heterocycles. The minimum Gasteiger partial charge on any atom is -0.342 e. The highest BCUT2D eigenvalue weighted by Crippen LogP contribution is 2.26. The summed E-state index contributed by atoms with van der Waals surface area (Å²) in [6.07, 6.45) is 3.76. The molecule has 0 atom stereocenters. The molecule has 0 radical (unpaired) electrons. The Morgan fingerprint density at radius 2 is 1.55 bits per heavy atom. The third kappa shape index (κ3) is 3.93. The van der Waals surface area contributed by atoms with E-state index in [-0.39, 0.29) is 17.7 Å². The van der Waals surface area contributed by atoms with Crippen LogP contribution in [0.1, 0.15) is 47.4 Å². The van der Waals surface area contributed by atoms with Gasteiger partial charge >= 0.3 is 0 Å². The van der Waals surface area contributed by atoms with E-state index in [1.807, 2.05) is 54.0 Å². The van der Waals surface area contributed by atoms with Gasteiger partial charge in [-0.15, -0.1) is 0 Å². The number of nitrogens with zero attached hydrogens (tertiary/aromatic N) is 3. The third-order valence-electron chi connectivity index (χ3n) is 6.30. The van der Waals surface area contributed by atoms with Gasteiger partial charge in [-0.1, -0.05) is 11.6 Å². The van der Waals surface area contributed by atoms with Gasteiger partial charge in [-0.05, 0) is 69.9 Å². The van der Waals surface area contributed by atoms with Gasteiger partial charge in [0.1, 0.15) is 0 Å². The van der Waals surface area contributed by atoms with Crippen molar-refractivity contribution >= 4 is 23.4 Å². The Balaban J connectivity index is 1.46. The van der Waals surface area contributed by atoms with Crippen LogP contribution < -0.4 is 0 Å². The number of carbonyl (C=O) groups is 2. The molecule has 0 saturated carbocycles. The predicted molar refractivity (Wildman–Crippen MR) is 115 cm³/mol. The summed E-state index contributed by atoms with van der Waals surface area (Å²) in [4.78, 5) is 29.7. The average Bonchev–Trinajstić information content (AvgIpc) is 3.36. The Kier molecular flexibility index (Phi) is 5.68. The van der Waals surface area contributed by atoms with Crippen LogP contribution in [0, 0.1) is 19.8 Å². The number of aromatic nitrogens is 1. The molecule has 0 spiro atoms. The van der Waals surface area contributed by atoms with E-state index in [2.05, 4.69) is 4.57 Å². The summed E-state index contributed by atoms with van der Waals surface area (Å²) < 4.78 is 2.09. The molecule has 29 heavy (non-hydrogen) atoms. The summed E-state index contributed by atoms with van der Waals surface area (Å²) in [6, 6.07) is 9.62. The van der Waals surface area contributed by atoms with Gasteiger partial charge in [0.05, 0.1) is 5.56 Å². The van der Waals surface area contributed by atoms with Crippen molar-refractivity contribution in [2.75, 3.05) is 26.2 Å². The first-order valence-electron chi connectivity index (χ1n) is 10.5. The fourth-order valence-electron chi connectivity index (χ4n) is 4.66. The van der Waals surface area contributed by atoms with E-state index in [0.29, 0.717) is 18.1 Å². The van der Waals surface area contributed by atoms with Crippen LogP contribution in [0.5, 0.6) is 0 Å². The smallest absolute Gasteiger partial charge is 0.255 e. The van der Waals surface area contributed by atoms with Crippen LogP contribution in [0.25, 0.3) is 5.69 Å². The van der Waals surface area contributed by atoms with Gasteiger partial charge in [0.15, 0.2) is 0 Å². The summed E-state index contributed by atoms with van der Waals surface area (Å²) in [6.45, 7) is 7.09. The minimum atomic E-state index is 0.0605. The van der Waals surface area contributed by atoms with Crippen molar-refractivity contribution < 1.29 is 9.59 Å². The van der Waals surface area contributed by atoms with Crippen LogP contribution in [0.2, 0.25) is 5.02 Å². The third-order valence-corrected chi connectivity index (χ3v) is 6.55. The van der Waals surface area contributed by atoms with Gasteiger partial charge in [-0.3, -0.25) is 9.59 Å². The second kappa shape index (κ2) is 8.23. The number of benzene rings is 1. The molecule has 0 bridgehead atoms. The van der Waals surface area contributed by atoms with E-state index in [1.165, 1.54) is 0 Å². The van der Waals surface area contributed by atoms with Crippen LogP contribution in [0.15, 0.2) is 30.3 Å². The van der Waals surface area contributed by atoms with Gasteiger partial charge in [0.25, 0.3) is 5.91 Å². The van der Waals surface area contributed by atoms with Crippen LogP contribution in [0.3, 0.4) is 0 Å². The monoisotopic (exact) mass is 413 g/mol. The van der Waals surface area contributed by atoms with Gasteiger partial charge in [0.2, 0.25) is 5.91 Å². The molecular weight excluding hydrogens is 386 g/mol. The number of carbonyl (C=O) groups excluding carboxylic acids is 2. The molecule has 4 rings (SSSR count). The predicted octanol–water partition coefficient (Wildman–Crippen LogP) is 4.22. The van der Waals surface area contributed by atoms with Crippen molar-refractivity contribution in [1.29, 1.82) is 0 Å². The van der Waals surface area contributed by atoms with Crippen molar-refractivity contribution in [1.82, 2.24) is 14.4 Å². The molecular formula is C23H28ClN3O2. The maximum Gasteiger partial charge on any atom is 0.255 e. The molecule has 2 aliphatic heterocycles. The lowest BCUT2D eigenvalue weighted by Crippen LogP contribution is -2.43. The zero-order chi connectivity index (χ0) is 20.5. The van der Waals surface area contributed by atoms with Crippen LogP contribution in [-0.2, 0) is 4.79 Å². The number of hydrogen-bond acceptors (Lipinski definition) is 2. The molecule has 2 saturated heterocycles. The van der Waals surface area contributed by atoms with Crippen LogP contribution in [-0.4, -0.2) is 52.4 Å².